The van der Waals surface area contributed by atoms with E-state index >= 15 is 0 Å². The Balaban J connectivity index is 1.59. The monoisotopic (exact) mass is 433 g/mol. The van der Waals surface area contributed by atoms with Crippen LogP contribution in [0.25, 0.3) is 0 Å². The molecule has 1 unspecified atom stereocenters. The summed E-state index contributed by atoms with van der Waals surface area (Å²) in [4.78, 5) is 26.1. The van der Waals surface area contributed by atoms with Crippen LogP contribution in [0, 0.1) is 0 Å². The standard InChI is InChI=1S/C23H23N5O4/c1-3-28-19-7-5-15(18-6-9-22(30)27-26-18)11-16(19)17(23(28)31)13-25-24-12-14-4-8-20(29)21(10-14)32-2/h4-5,7-8,10-13,17,29H,3,6,9H2,1-2H3,(H,27,30)/b24-12+,25-13?. The largest absolute Gasteiger partial charge is 0.504 e. The maximum atomic E-state index is 13.0. The van der Waals surface area contributed by atoms with Crippen LogP contribution in [0.3, 0.4) is 0 Å². The van der Waals surface area contributed by atoms with Crippen molar-refractivity contribution >= 4 is 35.6 Å². The minimum absolute atomic E-state index is 0.0407. The molecule has 0 bridgehead atoms. The summed E-state index contributed by atoms with van der Waals surface area (Å²) in [5.41, 5.74) is 6.53. The number of fused-ring (bicyclic) bond motifs is 1. The number of amides is 2. The molecule has 2 aromatic carbocycles. The van der Waals surface area contributed by atoms with Gasteiger partial charge in [0.2, 0.25) is 11.8 Å². The van der Waals surface area contributed by atoms with E-state index in [-0.39, 0.29) is 17.6 Å². The van der Waals surface area contributed by atoms with E-state index in [0.717, 1.165) is 22.5 Å². The molecule has 9 heteroatoms. The van der Waals surface area contributed by atoms with E-state index in [1.165, 1.54) is 25.6 Å². The predicted molar refractivity (Wildman–Crippen MR) is 122 cm³/mol. The summed E-state index contributed by atoms with van der Waals surface area (Å²) >= 11 is 0. The highest BCUT2D eigenvalue weighted by Gasteiger charge is 2.36. The fourth-order valence-corrected chi connectivity index (χ4v) is 3.78. The number of aromatic hydroxyl groups is 1. The molecule has 4 rings (SSSR count). The Labute approximate surface area is 185 Å². The molecule has 2 aliphatic heterocycles. The first-order valence-electron chi connectivity index (χ1n) is 10.3. The highest BCUT2D eigenvalue weighted by Crippen LogP contribution is 2.37. The lowest BCUT2D eigenvalue weighted by molar-refractivity contribution is -0.121. The fraction of sp³-hybridized carbons (Fsp3) is 0.261. The van der Waals surface area contributed by atoms with E-state index < -0.39 is 5.92 Å². The van der Waals surface area contributed by atoms with Crippen LogP contribution in [0.15, 0.2) is 51.7 Å². The number of hydrazone groups is 1. The topological polar surface area (TPSA) is 116 Å². The van der Waals surface area contributed by atoms with Gasteiger partial charge in [-0.25, -0.2) is 5.43 Å². The fourth-order valence-electron chi connectivity index (χ4n) is 3.78. The van der Waals surface area contributed by atoms with Crippen molar-refractivity contribution in [1.82, 2.24) is 5.43 Å². The minimum atomic E-state index is -0.560. The van der Waals surface area contributed by atoms with Gasteiger partial charge < -0.3 is 14.7 Å². The number of anilines is 1. The summed E-state index contributed by atoms with van der Waals surface area (Å²) in [5, 5.41) is 22.0. The van der Waals surface area contributed by atoms with E-state index in [1.54, 1.807) is 17.0 Å². The first-order valence-corrected chi connectivity index (χ1v) is 10.3. The van der Waals surface area contributed by atoms with Gasteiger partial charge in [-0.15, -0.1) is 0 Å². The Morgan fingerprint density at radius 2 is 2.06 bits per heavy atom. The predicted octanol–water partition coefficient (Wildman–Crippen LogP) is 2.57. The lowest BCUT2D eigenvalue weighted by Gasteiger charge is -2.16. The Morgan fingerprint density at radius 3 is 2.78 bits per heavy atom. The zero-order chi connectivity index (χ0) is 22.7. The summed E-state index contributed by atoms with van der Waals surface area (Å²) in [5.74, 6) is -0.347. The van der Waals surface area contributed by atoms with Crippen molar-refractivity contribution in [1.29, 1.82) is 0 Å². The molecule has 2 aliphatic rings. The van der Waals surface area contributed by atoms with Gasteiger partial charge in [-0.3, -0.25) is 9.59 Å². The number of methoxy groups -OCH3 is 1. The van der Waals surface area contributed by atoms with Crippen LogP contribution in [0.5, 0.6) is 11.5 Å². The second kappa shape index (κ2) is 9.01. The summed E-state index contributed by atoms with van der Waals surface area (Å²) in [7, 11) is 1.47. The smallest absolute Gasteiger partial charge is 0.240 e. The second-order valence-corrected chi connectivity index (χ2v) is 7.37. The summed E-state index contributed by atoms with van der Waals surface area (Å²) < 4.78 is 5.08. The second-order valence-electron chi connectivity index (χ2n) is 7.37. The van der Waals surface area contributed by atoms with Gasteiger partial charge in [0.25, 0.3) is 0 Å². The van der Waals surface area contributed by atoms with Gasteiger partial charge in [0, 0.05) is 31.3 Å². The number of hydrogen-bond donors (Lipinski definition) is 2. The number of nitrogens with one attached hydrogen (secondary N) is 1. The molecule has 2 heterocycles. The third kappa shape index (κ3) is 4.09. The van der Waals surface area contributed by atoms with Crippen LogP contribution < -0.4 is 15.1 Å². The van der Waals surface area contributed by atoms with E-state index in [9.17, 15) is 14.7 Å². The van der Waals surface area contributed by atoms with Crippen LogP contribution in [-0.2, 0) is 9.59 Å². The highest BCUT2D eigenvalue weighted by molar-refractivity contribution is 6.15. The first kappa shape index (κ1) is 21.2. The number of nitrogens with zero attached hydrogens (tertiary/aromatic N) is 4. The molecule has 2 N–H and O–H groups in total. The number of hydrogen-bond acceptors (Lipinski definition) is 7. The lowest BCUT2D eigenvalue weighted by atomic mass is 9.96. The number of carbonyl (C=O) groups excluding carboxylic acids is 2. The molecule has 0 saturated heterocycles. The van der Waals surface area contributed by atoms with Gasteiger partial charge >= 0.3 is 0 Å². The Kier molecular flexibility index (Phi) is 5.98. The molecule has 0 fully saturated rings. The third-order valence-electron chi connectivity index (χ3n) is 5.43. The third-order valence-corrected chi connectivity index (χ3v) is 5.43. The maximum absolute atomic E-state index is 13.0. The van der Waals surface area contributed by atoms with Crippen LogP contribution in [0.1, 0.15) is 42.4 Å². The number of rotatable bonds is 6. The van der Waals surface area contributed by atoms with Crippen molar-refractivity contribution in [2.24, 2.45) is 15.3 Å². The lowest BCUT2D eigenvalue weighted by Crippen LogP contribution is -2.28. The number of phenols is 1. The van der Waals surface area contributed by atoms with Crippen LogP contribution in [-0.4, -0.2) is 48.7 Å². The molecule has 2 amide bonds. The Hall–Kier alpha value is -4.01. The average Bonchev–Trinajstić information content (AvgIpc) is 3.08. The van der Waals surface area contributed by atoms with Crippen molar-refractivity contribution in [2.45, 2.75) is 25.7 Å². The van der Waals surface area contributed by atoms with Gasteiger partial charge in [0.1, 0.15) is 5.92 Å². The molecule has 2 aromatic rings. The number of likely N-dealkylation sites (N-methyl/N-ethyl adjacent to an activating group) is 1. The Morgan fingerprint density at radius 1 is 1.22 bits per heavy atom. The normalized spacial score (nSPS) is 18.2. The van der Waals surface area contributed by atoms with Crippen LogP contribution in [0.2, 0.25) is 0 Å². The Bertz CT molecular complexity index is 1160. The molecule has 0 spiro atoms. The molecular weight excluding hydrogens is 410 g/mol. The van der Waals surface area contributed by atoms with Gasteiger partial charge in [0.15, 0.2) is 11.5 Å². The molecule has 1 atom stereocenters. The zero-order valence-corrected chi connectivity index (χ0v) is 17.8. The number of ether oxygens (including phenoxy) is 1. The molecular formula is C23H23N5O4. The van der Waals surface area contributed by atoms with Crippen molar-refractivity contribution in [2.75, 3.05) is 18.6 Å². The van der Waals surface area contributed by atoms with Crippen molar-refractivity contribution in [3.63, 3.8) is 0 Å². The minimum Gasteiger partial charge on any atom is -0.504 e. The van der Waals surface area contributed by atoms with Crippen molar-refractivity contribution < 1.29 is 19.4 Å². The molecule has 0 aromatic heterocycles. The first-order chi connectivity index (χ1) is 15.5. The van der Waals surface area contributed by atoms with Crippen molar-refractivity contribution in [3.8, 4) is 11.5 Å². The van der Waals surface area contributed by atoms with E-state index in [2.05, 4.69) is 20.7 Å². The molecule has 32 heavy (non-hydrogen) atoms. The molecule has 0 aliphatic carbocycles. The van der Waals surface area contributed by atoms with Gasteiger partial charge in [-0.1, -0.05) is 6.07 Å². The van der Waals surface area contributed by atoms with E-state index in [0.29, 0.717) is 30.7 Å². The summed E-state index contributed by atoms with van der Waals surface area (Å²) in [6.45, 7) is 2.47. The molecule has 9 nitrogen and oxygen atoms in total. The molecule has 0 saturated carbocycles. The van der Waals surface area contributed by atoms with Crippen molar-refractivity contribution in [3.05, 3.63) is 53.1 Å². The number of carbonyl (C=O) groups is 2. The number of benzene rings is 2. The van der Waals surface area contributed by atoms with Gasteiger partial charge in [-0.2, -0.15) is 15.3 Å². The van der Waals surface area contributed by atoms with Gasteiger partial charge in [-0.05, 0) is 53.9 Å². The molecule has 164 valence electrons. The quantitative estimate of drug-likeness (QED) is 0.538. The summed E-state index contributed by atoms with van der Waals surface area (Å²) in [6, 6.07) is 10.6. The SMILES string of the molecule is CCN1C(=O)C(C=N/N=C/c2ccc(O)c(OC)c2)c2cc(C3=NNC(=O)CC3)ccc21. The van der Waals surface area contributed by atoms with Gasteiger partial charge in [0.05, 0.1) is 19.0 Å². The summed E-state index contributed by atoms with van der Waals surface area (Å²) in [6.07, 6.45) is 3.98. The van der Waals surface area contributed by atoms with E-state index in [1.807, 2.05) is 25.1 Å². The van der Waals surface area contributed by atoms with Crippen LogP contribution in [0.4, 0.5) is 5.69 Å². The number of phenolic OH excluding ortho intramolecular Hbond substituents is 1. The molecule has 0 radical (unpaired) electrons. The average molecular weight is 433 g/mol. The van der Waals surface area contributed by atoms with E-state index in [4.69, 9.17) is 4.74 Å². The maximum Gasteiger partial charge on any atom is 0.240 e. The zero-order valence-electron chi connectivity index (χ0n) is 17.8. The highest BCUT2D eigenvalue weighted by atomic mass is 16.5. The van der Waals surface area contributed by atoms with Crippen LogP contribution >= 0.6 is 0 Å².